The molecule has 3 N–H and O–H groups in total. The molecule has 0 rings (SSSR count). The van der Waals surface area contributed by atoms with E-state index in [2.05, 4.69) is 86.8 Å². The highest BCUT2D eigenvalue weighted by Gasteiger charge is 2.26. The molecule has 0 aliphatic rings. The maximum Gasteiger partial charge on any atom is 0.472 e. The van der Waals surface area contributed by atoms with Gasteiger partial charge in [0.15, 0.2) is 6.10 Å². The molecule has 0 amide bonds. The van der Waals surface area contributed by atoms with Gasteiger partial charge >= 0.3 is 19.8 Å². The highest BCUT2D eigenvalue weighted by Crippen LogP contribution is 2.43. The van der Waals surface area contributed by atoms with Crippen molar-refractivity contribution in [1.29, 1.82) is 0 Å². The van der Waals surface area contributed by atoms with Crippen LogP contribution >= 0.6 is 7.82 Å². The number of phosphoric acid groups is 1. The molecule has 0 aliphatic carbocycles. The fraction of sp³-hybridized carbons (Fsp3) is 0.714. The molecule has 0 saturated carbocycles. The second-order valence-electron chi connectivity index (χ2n) is 15.2. The zero-order valence-corrected chi connectivity index (χ0v) is 38.4. The summed E-state index contributed by atoms with van der Waals surface area (Å²) in [6.45, 7) is 3.57. The van der Waals surface area contributed by atoms with Crippen molar-refractivity contribution in [3.63, 3.8) is 0 Å². The topological polar surface area (TPSA) is 134 Å². The molecule has 0 bridgehead atoms. The molecule has 2 unspecified atom stereocenters. The molecule has 9 nitrogen and oxygen atoms in total. The summed E-state index contributed by atoms with van der Waals surface area (Å²) in [5.74, 6) is -0.852. The quantitative estimate of drug-likeness (QED) is 0.0266. The van der Waals surface area contributed by atoms with Gasteiger partial charge in [-0.2, -0.15) is 0 Å². The van der Waals surface area contributed by atoms with Crippen LogP contribution in [-0.4, -0.2) is 49.3 Å². The summed E-state index contributed by atoms with van der Waals surface area (Å²) < 4.78 is 32.8. The van der Waals surface area contributed by atoms with Crippen LogP contribution in [0.1, 0.15) is 194 Å². The fourth-order valence-electron chi connectivity index (χ4n) is 6.13. The molecule has 0 aromatic rings. The second-order valence-corrected chi connectivity index (χ2v) is 16.7. The van der Waals surface area contributed by atoms with Crippen LogP contribution < -0.4 is 5.73 Å². The lowest BCUT2D eigenvalue weighted by Crippen LogP contribution is -2.29. The Hall–Kier alpha value is -2.55. The van der Waals surface area contributed by atoms with Crippen LogP contribution in [0.5, 0.6) is 0 Å². The number of allylic oxidation sites excluding steroid dienone is 12. The van der Waals surface area contributed by atoms with E-state index in [0.717, 1.165) is 89.9 Å². The summed E-state index contributed by atoms with van der Waals surface area (Å²) in [6.07, 6.45) is 55.0. The van der Waals surface area contributed by atoms with E-state index in [4.69, 9.17) is 24.3 Å². The molecule has 59 heavy (non-hydrogen) atoms. The third-order valence-corrected chi connectivity index (χ3v) is 10.6. The molecule has 0 spiro atoms. The van der Waals surface area contributed by atoms with E-state index in [9.17, 15) is 19.0 Å². The number of nitrogens with two attached hydrogens (primary N) is 1. The summed E-state index contributed by atoms with van der Waals surface area (Å²) in [4.78, 5) is 35.0. The lowest BCUT2D eigenvalue weighted by atomic mass is 10.0. The van der Waals surface area contributed by atoms with Crippen molar-refractivity contribution in [1.82, 2.24) is 0 Å². The van der Waals surface area contributed by atoms with Gasteiger partial charge in [0, 0.05) is 19.4 Å². The summed E-state index contributed by atoms with van der Waals surface area (Å²) in [5.41, 5.74) is 5.35. The molecule has 2 atom stereocenters. The maximum atomic E-state index is 12.6. The Labute approximate surface area is 361 Å². The Bertz CT molecular complexity index is 1190. The van der Waals surface area contributed by atoms with E-state index >= 15 is 0 Å². The van der Waals surface area contributed by atoms with Crippen molar-refractivity contribution in [3.8, 4) is 0 Å². The number of hydrogen-bond donors (Lipinski definition) is 2. The normalized spacial score (nSPS) is 13.9. The average Bonchev–Trinajstić information content (AvgIpc) is 3.22. The summed E-state index contributed by atoms with van der Waals surface area (Å²) >= 11 is 0. The number of rotatable bonds is 43. The summed E-state index contributed by atoms with van der Waals surface area (Å²) in [7, 11) is -4.39. The van der Waals surface area contributed by atoms with Crippen LogP contribution in [-0.2, 0) is 32.7 Å². The zero-order chi connectivity index (χ0) is 43.2. The van der Waals surface area contributed by atoms with Gasteiger partial charge in [0.2, 0.25) is 0 Å². The predicted octanol–water partition coefficient (Wildman–Crippen LogP) is 13.8. The Morgan fingerprint density at radius 3 is 1.39 bits per heavy atom. The first-order valence-corrected chi connectivity index (χ1v) is 24.9. The third-order valence-electron chi connectivity index (χ3n) is 9.58. The van der Waals surface area contributed by atoms with Crippen LogP contribution in [0.15, 0.2) is 72.9 Å². The van der Waals surface area contributed by atoms with Crippen LogP contribution in [0, 0.1) is 0 Å². The van der Waals surface area contributed by atoms with E-state index < -0.39 is 32.5 Å². The van der Waals surface area contributed by atoms with E-state index in [0.29, 0.717) is 12.8 Å². The van der Waals surface area contributed by atoms with E-state index in [1.807, 2.05) is 0 Å². The SMILES string of the molecule is CC/C=C\C/C=C\C/C=C\C/C=C\CCCCCCCCCCCCC(=O)OC(COC(=O)CCCCCCC/C=C\C/C=C\CCCCC)COP(=O)(O)OCCN. The van der Waals surface area contributed by atoms with Crippen LogP contribution in [0.25, 0.3) is 0 Å². The smallest absolute Gasteiger partial charge is 0.462 e. The number of carbonyl (C=O) groups excluding carboxylic acids is 2. The molecule has 10 heteroatoms. The monoisotopic (exact) mass is 848 g/mol. The van der Waals surface area contributed by atoms with Crippen LogP contribution in [0.2, 0.25) is 0 Å². The first-order chi connectivity index (χ1) is 28.8. The molecular formula is C49H86NO8P. The Morgan fingerprint density at radius 1 is 0.525 bits per heavy atom. The van der Waals surface area contributed by atoms with Crippen molar-refractivity contribution < 1.29 is 37.6 Å². The minimum Gasteiger partial charge on any atom is -0.462 e. The zero-order valence-electron chi connectivity index (χ0n) is 37.5. The highest BCUT2D eigenvalue weighted by atomic mass is 31.2. The third kappa shape index (κ3) is 44.8. The van der Waals surface area contributed by atoms with Crippen LogP contribution in [0.3, 0.4) is 0 Å². The molecule has 0 radical (unpaired) electrons. The van der Waals surface area contributed by atoms with E-state index in [1.54, 1.807) is 0 Å². The van der Waals surface area contributed by atoms with Crippen molar-refractivity contribution in [2.24, 2.45) is 5.73 Å². The lowest BCUT2D eigenvalue weighted by Gasteiger charge is -2.19. The Balaban J connectivity index is 4.12. The molecular weight excluding hydrogens is 762 g/mol. The van der Waals surface area contributed by atoms with Crippen molar-refractivity contribution in [3.05, 3.63) is 72.9 Å². The number of ether oxygens (including phenoxy) is 2. The minimum atomic E-state index is -4.39. The largest absolute Gasteiger partial charge is 0.472 e. The molecule has 0 aromatic carbocycles. The highest BCUT2D eigenvalue weighted by molar-refractivity contribution is 7.47. The fourth-order valence-corrected chi connectivity index (χ4v) is 6.89. The number of hydrogen-bond acceptors (Lipinski definition) is 8. The molecule has 0 aromatic heterocycles. The van der Waals surface area contributed by atoms with Gasteiger partial charge in [0.05, 0.1) is 13.2 Å². The van der Waals surface area contributed by atoms with Crippen molar-refractivity contribution in [2.75, 3.05) is 26.4 Å². The summed E-state index contributed by atoms with van der Waals surface area (Å²) in [6, 6.07) is 0. The first kappa shape index (κ1) is 56.5. The van der Waals surface area contributed by atoms with Gasteiger partial charge in [-0.15, -0.1) is 0 Å². The Kier molecular flexibility index (Phi) is 43.0. The predicted molar refractivity (Wildman–Crippen MR) is 247 cm³/mol. The van der Waals surface area contributed by atoms with Crippen molar-refractivity contribution in [2.45, 2.75) is 200 Å². The lowest BCUT2D eigenvalue weighted by molar-refractivity contribution is -0.161. The van der Waals surface area contributed by atoms with Crippen molar-refractivity contribution >= 4 is 19.8 Å². The maximum absolute atomic E-state index is 12.6. The Morgan fingerprint density at radius 2 is 0.932 bits per heavy atom. The van der Waals surface area contributed by atoms with Gasteiger partial charge in [0.1, 0.15) is 6.61 Å². The number of unbranched alkanes of at least 4 members (excludes halogenated alkanes) is 18. The minimum absolute atomic E-state index is 0.0475. The first-order valence-electron chi connectivity index (χ1n) is 23.4. The average molecular weight is 848 g/mol. The molecule has 0 aliphatic heterocycles. The van der Waals surface area contributed by atoms with Gasteiger partial charge in [0.25, 0.3) is 0 Å². The molecule has 0 saturated heterocycles. The molecule has 340 valence electrons. The second kappa shape index (κ2) is 45.0. The van der Waals surface area contributed by atoms with Gasteiger partial charge in [-0.25, -0.2) is 4.57 Å². The standard InChI is InChI=1S/C49H86NO8P/c1-3-5-7-9-11-13-15-17-19-20-21-22-23-24-25-26-28-30-32-34-36-38-40-42-49(52)58-47(46-57-59(53,54)56-44-43-50)45-55-48(51)41-39-37-35-33-31-29-27-18-16-14-12-10-8-6-4-2/h5,7,11-14,17-19,21-22,27,47H,3-4,6,8-10,15-16,20,23-26,28-46,50H2,1-2H3,(H,53,54)/b7-5-,13-11-,14-12-,19-17-,22-21-,27-18-. The molecule has 0 heterocycles. The summed E-state index contributed by atoms with van der Waals surface area (Å²) in [5, 5.41) is 0. The van der Waals surface area contributed by atoms with Gasteiger partial charge in [-0.05, 0) is 83.5 Å². The van der Waals surface area contributed by atoms with Gasteiger partial charge in [-0.1, -0.05) is 170 Å². The number of carbonyl (C=O) groups is 2. The number of phosphoric ester groups is 1. The van der Waals surface area contributed by atoms with Gasteiger partial charge < -0.3 is 20.1 Å². The van der Waals surface area contributed by atoms with E-state index in [1.165, 1.54) is 64.2 Å². The number of esters is 2. The van der Waals surface area contributed by atoms with Gasteiger partial charge in [-0.3, -0.25) is 18.6 Å². The molecule has 0 fully saturated rings. The van der Waals surface area contributed by atoms with E-state index in [-0.39, 0.29) is 32.6 Å². The van der Waals surface area contributed by atoms with Crippen LogP contribution in [0.4, 0.5) is 0 Å².